The first-order chi connectivity index (χ1) is 12.2. The Balaban J connectivity index is 1.82. The molecule has 0 spiro atoms. The molecular formula is C21H26N2O2. The highest BCUT2D eigenvalue weighted by molar-refractivity contribution is 5.95. The highest BCUT2D eigenvalue weighted by Gasteiger charge is 2.30. The summed E-state index contributed by atoms with van der Waals surface area (Å²) in [6.45, 7) is 4.18. The summed E-state index contributed by atoms with van der Waals surface area (Å²) in [7, 11) is 1.63. The maximum absolute atomic E-state index is 13.1. The van der Waals surface area contributed by atoms with E-state index in [1.807, 2.05) is 54.6 Å². The Morgan fingerprint density at radius 1 is 1.12 bits per heavy atom. The first-order valence-electron chi connectivity index (χ1n) is 8.91. The highest BCUT2D eigenvalue weighted by Crippen LogP contribution is 2.28. The lowest BCUT2D eigenvalue weighted by molar-refractivity contribution is -0.122. The first-order valence-corrected chi connectivity index (χ1v) is 8.91. The van der Waals surface area contributed by atoms with Crippen molar-refractivity contribution in [2.24, 2.45) is 5.92 Å². The van der Waals surface area contributed by atoms with Crippen molar-refractivity contribution in [3.05, 3.63) is 60.2 Å². The van der Waals surface area contributed by atoms with Gasteiger partial charge in [0.2, 0.25) is 5.91 Å². The molecule has 0 aliphatic carbocycles. The van der Waals surface area contributed by atoms with Crippen LogP contribution in [0.5, 0.6) is 5.75 Å². The topological polar surface area (TPSA) is 41.6 Å². The fraction of sp³-hybridized carbons (Fsp3) is 0.381. The van der Waals surface area contributed by atoms with Crippen molar-refractivity contribution < 1.29 is 9.53 Å². The SMILES string of the molecule is COc1cccc(NC(=O)C(c2ccccc2)N2CCC(C)CC2)c1. The molecule has 4 nitrogen and oxygen atoms in total. The summed E-state index contributed by atoms with van der Waals surface area (Å²) in [5, 5.41) is 3.06. The van der Waals surface area contributed by atoms with Crippen molar-refractivity contribution in [2.45, 2.75) is 25.8 Å². The van der Waals surface area contributed by atoms with Crippen LogP contribution in [0.2, 0.25) is 0 Å². The van der Waals surface area contributed by atoms with Crippen LogP contribution in [0.15, 0.2) is 54.6 Å². The number of nitrogens with zero attached hydrogens (tertiary/aromatic N) is 1. The number of piperidine rings is 1. The van der Waals surface area contributed by atoms with Crippen LogP contribution in [-0.2, 0) is 4.79 Å². The molecule has 0 radical (unpaired) electrons. The zero-order valence-electron chi connectivity index (χ0n) is 14.9. The third-order valence-electron chi connectivity index (χ3n) is 4.88. The van der Waals surface area contributed by atoms with Gasteiger partial charge in [-0.05, 0) is 49.5 Å². The van der Waals surface area contributed by atoms with Crippen molar-refractivity contribution in [1.29, 1.82) is 0 Å². The Morgan fingerprint density at radius 3 is 2.52 bits per heavy atom. The molecule has 1 aliphatic rings. The molecule has 25 heavy (non-hydrogen) atoms. The zero-order chi connectivity index (χ0) is 17.6. The van der Waals surface area contributed by atoms with Gasteiger partial charge in [-0.2, -0.15) is 0 Å². The molecule has 132 valence electrons. The molecule has 1 N–H and O–H groups in total. The molecule has 1 heterocycles. The van der Waals surface area contributed by atoms with Gasteiger partial charge in [-0.15, -0.1) is 0 Å². The number of amides is 1. The molecule has 2 aromatic carbocycles. The van der Waals surface area contributed by atoms with E-state index in [9.17, 15) is 4.79 Å². The van der Waals surface area contributed by atoms with Gasteiger partial charge in [0.25, 0.3) is 0 Å². The number of carbonyl (C=O) groups is 1. The van der Waals surface area contributed by atoms with E-state index in [0.29, 0.717) is 0 Å². The minimum Gasteiger partial charge on any atom is -0.497 e. The molecule has 1 amide bonds. The Bertz CT molecular complexity index is 694. The van der Waals surface area contributed by atoms with Crippen molar-refractivity contribution in [1.82, 2.24) is 4.90 Å². The van der Waals surface area contributed by atoms with Crippen LogP contribution in [0.4, 0.5) is 5.69 Å². The molecule has 4 heteroatoms. The van der Waals surface area contributed by atoms with E-state index in [4.69, 9.17) is 4.74 Å². The van der Waals surface area contributed by atoms with Gasteiger partial charge < -0.3 is 10.1 Å². The lowest BCUT2D eigenvalue weighted by Crippen LogP contribution is -2.41. The Hall–Kier alpha value is -2.33. The second kappa shape index (κ2) is 8.17. The lowest BCUT2D eigenvalue weighted by Gasteiger charge is -2.36. The van der Waals surface area contributed by atoms with E-state index in [-0.39, 0.29) is 11.9 Å². The minimum absolute atomic E-state index is 0.00834. The molecule has 3 rings (SSSR count). The van der Waals surface area contributed by atoms with E-state index in [0.717, 1.165) is 48.8 Å². The minimum atomic E-state index is -0.264. The number of nitrogens with one attached hydrogen (secondary N) is 1. The van der Waals surface area contributed by atoms with Crippen molar-refractivity contribution in [3.63, 3.8) is 0 Å². The summed E-state index contributed by atoms with van der Waals surface area (Å²) in [5.41, 5.74) is 1.80. The normalized spacial score (nSPS) is 17.0. The number of methoxy groups -OCH3 is 1. The summed E-state index contributed by atoms with van der Waals surface area (Å²) in [4.78, 5) is 15.4. The number of rotatable bonds is 5. The van der Waals surface area contributed by atoms with E-state index in [1.54, 1.807) is 7.11 Å². The van der Waals surface area contributed by atoms with E-state index >= 15 is 0 Å². The molecule has 0 bridgehead atoms. The Kier molecular flexibility index (Phi) is 5.71. The van der Waals surface area contributed by atoms with Gasteiger partial charge in [-0.25, -0.2) is 0 Å². The standard InChI is InChI=1S/C21H26N2O2/c1-16-11-13-23(14-12-16)20(17-7-4-3-5-8-17)21(24)22-18-9-6-10-19(15-18)25-2/h3-10,15-16,20H,11-14H2,1-2H3,(H,22,24). The van der Waals surface area contributed by atoms with Crippen molar-refractivity contribution >= 4 is 11.6 Å². The van der Waals surface area contributed by atoms with Crippen LogP contribution in [0.3, 0.4) is 0 Å². The molecular weight excluding hydrogens is 312 g/mol. The largest absolute Gasteiger partial charge is 0.497 e. The molecule has 1 aliphatic heterocycles. The predicted molar refractivity (Wildman–Crippen MR) is 101 cm³/mol. The number of ether oxygens (including phenoxy) is 1. The molecule has 2 aromatic rings. The van der Waals surface area contributed by atoms with Gasteiger partial charge in [0.1, 0.15) is 11.8 Å². The monoisotopic (exact) mass is 338 g/mol. The molecule has 1 saturated heterocycles. The molecule has 1 unspecified atom stereocenters. The smallest absolute Gasteiger partial charge is 0.246 e. The number of hydrogen-bond donors (Lipinski definition) is 1. The summed E-state index contributed by atoms with van der Waals surface area (Å²) in [6.07, 6.45) is 2.27. The fourth-order valence-corrected chi connectivity index (χ4v) is 3.36. The van der Waals surface area contributed by atoms with Gasteiger partial charge in [0.05, 0.1) is 7.11 Å². The average Bonchev–Trinajstić information content (AvgIpc) is 2.64. The van der Waals surface area contributed by atoms with Crippen molar-refractivity contribution in [2.75, 3.05) is 25.5 Å². The van der Waals surface area contributed by atoms with E-state index < -0.39 is 0 Å². The number of carbonyl (C=O) groups excluding carboxylic acids is 1. The van der Waals surface area contributed by atoms with Crippen LogP contribution in [0.1, 0.15) is 31.4 Å². The molecule has 0 aromatic heterocycles. The Labute approximate surface area is 149 Å². The number of anilines is 1. The summed E-state index contributed by atoms with van der Waals surface area (Å²) >= 11 is 0. The van der Waals surface area contributed by atoms with Gasteiger partial charge in [0, 0.05) is 11.8 Å². The maximum atomic E-state index is 13.1. The highest BCUT2D eigenvalue weighted by atomic mass is 16.5. The quantitative estimate of drug-likeness (QED) is 0.892. The maximum Gasteiger partial charge on any atom is 0.246 e. The summed E-state index contributed by atoms with van der Waals surface area (Å²) < 4.78 is 5.25. The number of likely N-dealkylation sites (tertiary alicyclic amines) is 1. The second-order valence-electron chi connectivity index (χ2n) is 6.75. The molecule has 1 fully saturated rings. The first kappa shape index (κ1) is 17.5. The van der Waals surface area contributed by atoms with E-state index in [2.05, 4.69) is 17.1 Å². The third-order valence-corrected chi connectivity index (χ3v) is 4.88. The number of hydrogen-bond acceptors (Lipinski definition) is 3. The molecule has 1 atom stereocenters. The van der Waals surface area contributed by atoms with Gasteiger partial charge in [0.15, 0.2) is 0 Å². The predicted octanol–water partition coefficient (Wildman–Crippen LogP) is 4.11. The second-order valence-corrected chi connectivity index (χ2v) is 6.75. The van der Waals surface area contributed by atoms with Crippen molar-refractivity contribution in [3.8, 4) is 5.75 Å². The summed E-state index contributed by atoms with van der Waals surface area (Å²) in [6, 6.07) is 17.3. The third kappa shape index (κ3) is 4.40. The van der Waals surface area contributed by atoms with Gasteiger partial charge in [-0.3, -0.25) is 9.69 Å². The van der Waals surface area contributed by atoms with Gasteiger partial charge >= 0.3 is 0 Å². The van der Waals surface area contributed by atoms with Crippen LogP contribution >= 0.6 is 0 Å². The fourth-order valence-electron chi connectivity index (χ4n) is 3.36. The van der Waals surface area contributed by atoms with Crippen LogP contribution in [0, 0.1) is 5.92 Å². The average molecular weight is 338 g/mol. The zero-order valence-corrected chi connectivity index (χ0v) is 14.9. The summed E-state index contributed by atoms with van der Waals surface area (Å²) in [5.74, 6) is 1.48. The Morgan fingerprint density at radius 2 is 1.84 bits per heavy atom. The van der Waals surface area contributed by atoms with Gasteiger partial charge in [-0.1, -0.05) is 43.3 Å². The van der Waals surface area contributed by atoms with Crippen LogP contribution in [0.25, 0.3) is 0 Å². The molecule has 0 saturated carbocycles. The lowest BCUT2D eigenvalue weighted by atomic mass is 9.95. The van der Waals surface area contributed by atoms with E-state index in [1.165, 1.54) is 0 Å². The van der Waals surface area contributed by atoms with Crippen LogP contribution < -0.4 is 10.1 Å². The van der Waals surface area contributed by atoms with Crippen LogP contribution in [-0.4, -0.2) is 31.0 Å². The number of benzene rings is 2.